The van der Waals surface area contributed by atoms with E-state index in [4.69, 9.17) is 4.74 Å². The van der Waals surface area contributed by atoms with Crippen LogP contribution in [0.1, 0.15) is 18.5 Å². The first-order valence-corrected chi connectivity index (χ1v) is 8.33. The van der Waals surface area contributed by atoms with Gasteiger partial charge >= 0.3 is 6.03 Å². The molecule has 3 N–H and O–H groups in total. The second-order valence-corrected chi connectivity index (χ2v) is 6.20. The highest BCUT2D eigenvalue weighted by Gasteiger charge is 2.12. The number of urea groups is 1. The Hall–Kier alpha value is -2.68. The molecule has 3 amide bonds. The van der Waals surface area contributed by atoms with Crippen molar-refractivity contribution in [1.82, 2.24) is 16.2 Å². The molecule has 0 aliphatic heterocycles. The molecule has 26 heavy (non-hydrogen) atoms. The number of nitrogens with one attached hydrogen (secondary N) is 3. The second kappa shape index (κ2) is 9.14. The number of carbonyl (C=O) groups excluding carboxylic acids is 2. The van der Waals surface area contributed by atoms with Gasteiger partial charge in [-0.1, -0.05) is 22.0 Å². The zero-order chi connectivity index (χ0) is 19.1. The fraction of sp³-hybridized carbons (Fsp3) is 0.176. The van der Waals surface area contributed by atoms with E-state index in [2.05, 4.69) is 32.1 Å². The molecule has 0 heterocycles. The number of amides is 3. The molecule has 0 saturated carbocycles. The van der Waals surface area contributed by atoms with Crippen LogP contribution < -0.4 is 20.9 Å². The molecule has 0 saturated heterocycles. The van der Waals surface area contributed by atoms with E-state index in [1.165, 1.54) is 6.07 Å². The summed E-state index contributed by atoms with van der Waals surface area (Å²) in [6.45, 7) is 1.30. The summed E-state index contributed by atoms with van der Waals surface area (Å²) in [6.07, 6.45) is 0. The van der Waals surface area contributed by atoms with Crippen LogP contribution >= 0.6 is 15.9 Å². The van der Waals surface area contributed by atoms with Gasteiger partial charge in [-0.15, -0.1) is 0 Å². The molecule has 2 rings (SSSR count). The number of carbonyl (C=O) groups is 2. The van der Waals surface area contributed by atoms with Crippen molar-refractivity contribution in [2.75, 3.05) is 6.61 Å². The lowest BCUT2D eigenvalue weighted by Gasteiger charge is -2.15. The Morgan fingerprint density at radius 2 is 1.77 bits per heavy atom. The molecule has 0 aliphatic rings. The van der Waals surface area contributed by atoms with Crippen molar-refractivity contribution >= 4 is 27.9 Å². The first kappa shape index (κ1) is 19.6. The minimum atomic E-state index is -1.00. The Balaban J connectivity index is 1.74. The minimum absolute atomic E-state index is 0.291. The maximum Gasteiger partial charge on any atom is 0.333 e. The van der Waals surface area contributed by atoms with Crippen molar-refractivity contribution in [3.63, 3.8) is 0 Å². The molecule has 0 aromatic heterocycles. The highest BCUT2D eigenvalue weighted by Crippen LogP contribution is 2.16. The predicted molar refractivity (Wildman–Crippen MR) is 94.2 cm³/mol. The fourth-order valence-electron chi connectivity index (χ4n) is 1.94. The van der Waals surface area contributed by atoms with Gasteiger partial charge < -0.3 is 10.1 Å². The van der Waals surface area contributed by atoms with Crippen molar-refractivity contribution in [1.29, 1.82) is 0 Å². The number of halogens is 3. The summed E-state index contributed by atoms with van der Waals surface area (Å²) < 4.78 is 32.2. The van der Waals surface area contributed by atoms with E-state index in [0.29, 0.717) is 11.3 Å². The van der Waals surface area contributed by atoms with Gasteiger partial charge in [-0.2, -0.15) is 0 Å². The van der Waals surface area contributed by atoms with Crippen LogP contribution in [0.25, 0.3) is 0 Å². The quantitative estimate of drug-likeness (QED) is 0.641. The molecule has 2 aromatic rings. The van der Waals surface area contributed by atoms with E-state index < -0.39 is 29.6 Å². The van der Waals surface area contributed by atoms with Gasteiger partial charge in [0.1, 0.15) is 5.75 Å². The number of hydrogen-bond acceptors (Lipinski definition) is 3. The molecule has 1 unspecified atom stereocenters. The number of benzene rings is 2. The van der Waals surface area contributed by atoms with E-state index in [-0.39, 0.29) is 6.61 Å². The van der Waals surface area contributed by atoms with Crippen LogP contribution in [0.4, 0.5) is 13.6 Å². The van der Waals surface area contributed by atoms with E-state index in [1.54, 1.807) is 31.2 Å². The van der Waals surface area contributed by atoms with Gasteiger partial charge in [0.25, 0.3) is 5.91 Å². The average Bonchev–Trinajstić information content (AvgIpc) is 2.61. The Morgan fingerprint density at radius 1 is 1.08 bits per heavy atom. The highest BCUT2D eigenvalue weighted by molar-refractivity contribution is 9.10. The van der Waals surface area contributed by atoms with Crippen molar-refractivity contribution in [3.8, 4) is 5.75 Å². The van der Waals surface area contributed by atoms with Crippen molar-refractivity contribution in [3.05, 3.63) is 64.1 Å². The van der Waals surface area contributed by atoms with Crippen LogP contribution in [0.2, 0.25) is 0 Å². The van der Waals surface area contributed by atoms with Crippen LogP contribution in [-0.2, 0) is 4.79 Å². The van der Waals surface area contributed by atoms with Crippen LogP contribution in [0.3, 0.4) is 0 Å². The van der Waals surface area contributed by atoms with Gasteiger partial charge in [0.05, 0.1) is 6.04 Å². The van der Waals surface area contributed by atoms with Gasteiger partial charge in [-0.3, -0.25) is 10.2 Å². The first-order chi connectivity index (χ1) is 12.3. The van der Waals surface area contributed by atoms with Gasteiger partial charge in [0.15, 0.2) is 18.2 Å². The smallest absolute Gasteiger partial charge is 0.333 e. The summed E-state index contributed by atoms with van der Waals surface area (Å²) in [4.78, 5) is 23.4. The normalized spacial score (nSPS) is 11.4. The topological polar surface area (TPSA) is 79.5 Å². The van der Waals surface area contributed by atoms with Gasteiger partial charge in [0.2, 0.25) is 0 Å². The third kappa shape index (κ3) is 5.99. The second-order valence-electron chi connectivity index (χ2n) is 5.28. The molecule has 1 atom stereocenters. The maximum absolute atomic E-state index is 13.2. The summed E-state index contributed by atoms with van der Waals surface area (Å²) >= 11 is 3.28. The predicted octanol–water partition coefficient (Wildman–Crippen LogP) is 3.20. The lowest BCUT2D eigenvalue weighted by molar-refractivity contribution is -0.123. The average molecular weight is 428 g/mol. The van der Waals surface area contributed by atoms with Crippen LogP contribution in [0.5, 0.6) is 5.75 Å². The number of hydrogen-bond donors (Lipinski definition) is 3. The molecule has 0 aliphatic carbocycles. The minimum Gasteiger partial charge on any atom is -0.484 e. The molecular formula is C17H16BrF2N3O3. The maximum atomic E-state index is 13.2. The third-order valence-corrected chi connectivity index (χ3v) is 3.82. The molecule has 0 spiro atoms. The Morgan fingerprint density at radius 3 is 2.42 bits per heavy atom. The Bertz CT molecular complexity index is 787. The highest BCUT2D eigenvalue weighted by atomic mass is 79.9. The summed E-state index contributed by atoms with van der Waals surface area (Å²) in [5, 5.41) is 2.48. The van der Waals surface area contributed by atoms with Crippen LogP contribution in [0.15, 0.2) is 46.9 Å². The number of rotatable bonds is 5. The molecule has 0 fully saturated rings. The van der Waals surface area contributed by atoms with Gasteiger partial charge in [-0.05, 0) is 48.9 Å². The zero-order valence-corrected chi connectivity index (χ0v) is 15.3. The zero-order valence-electron chi connectivity index (χ0n) is 13.7. The van der Waals surface area contributed by atoms with Crippen molar-refractivity contribution in [2.45, 2.75) is 13.0 Å². The summed E-state index contributed by atoms with van der Waals surface area (Å²) in [5.41, 5.74) is 4.70. The van der Waals surface area contributed by atoms with Crippen LogP contribution in [-0.4, -0.2) is 18.5 Å². The molecule has 9 heteroatoms. The fourth-order valence-corrected chi connectivity index (χ4v) is 2.20. The number of ether oxygens (including phenoxy) is 1. The Kier molecular flexibility index (Phi) is 6.90. The summed E-state index contributed by atoms with van der Waals surface area (Å²) in [6, 6.07) is 8.90. The SMILES string of the molecule is CC(NC(=O)NNC(=O)COc1ccc(Br)cc1)c1ccc(F)c(F)c1. The summed E-state index contributed by atoms with van der Waals surface area (Å²) in [7, 11) is 0. The van der Waals surface area contributed by atoms with Gasteiger partial charge in [0, 0.05) is 4.47 Å². The molecular weight excluding hydrogens is 412 g/mol. The number of hydrazine groups is 1. The van der Waals surface area contributed by atoms with E-state index >= 15 is 0 Å². The van der Waals surface area contributed by atoms with Crippen molar-refractivity contribution < 1.29 is 23.1 Å². The Labute approximate surface area is 157 Å². The molecule has 0 bridgehead atoms. The van der Waals surface area contributed by atoms with E-state index in [1.807, 2.05) is 0 Å². The van der Waals surface area contributed by atoms with E-state index in [9.17, 15) is 18.4 Å². The molecule has 6 nitrogen and oxygen atoms in total. The lowest BCUT2D eigenvalue weighted by Crippen LogP contribution is -2.48. The first-order valence-electron chi connectivity index (χ1n) is 7.54. The third-order valence-electron chi connectivity index (χ3n) is 3.29. The van der Waals surface area contributed by atoms with E-state index in [0.717, 1.165) is 16.6 Å². The lowest BCUT2D eigenvalue weighted by atomic mass is 10.1. The molecule has 138 valence electrons. The van der Waals surface area contributed by atoms with Crippen molar-refractivity contribution in [2.24, 2.45) is 0 Å². The standard InChI is InChI=1S/C17H16BrF2N3O3/c1-10(11-2-7-14(19)15(20)8-11)21-17(25)23-22-16(24)9-26-13-5-3-12(18)4-6-13/h2-8,10H,9H2,1H3,(H,22,24)(H2,21,23,25). The monoisotopic (exact) mass is 427 g/mol. The van der Waals surface area contributed by atoms with Crippen LogP contribution in [0, 0.1) is 11.6 Å². The molecule has 0 radical (unpaired) electrons. The molecule has 2 aromatic carbocycles. The van der Waals surface area contributed by atoms with Gasteiger partial charge in [-0.25, -0.2) is 19.0 Å². The largest absolute Gasteiger partial charge is 0.484 e. The summed E-state index contributed by atoms with van der Waals surface area (Å²) in [5.74, 6) is -2.04.